The third-order valence-corrected chi connectivity index (χ3v) is 3.22. The van der Waals surface area contributed by atoms with Crippen molar-refractivity contribution < 1.29 is 19.1 Å². The topological polar surface area (TPSA) is 67.9 Å². The largest absolute Gasteiger partial charge is 0.469 e. The third-order valence-electron chi connectivity index (χ3n) is 3.22. The van der Waals surface area contributed by atoms with Gasteiger partial charge in [-0.05, 0) is 27.7 Å². The molecular weight excluding hydrogens is 260 g/mol. The van der Waals surface area contributed by atoms with E-state index in [-0.39, 0.29) is 36.0 Å². The van der Waals surface area contributed by atoms with Crippen molar-refractivity contribution in [2.75, 3.05) is 26.8 Å². The van der Waals surface area contributed by atoms with Crippen LogP contribution < -0.4 is 5.32 Å². The van der Waals surface area contributed by atoms with Gasteiger partial charge in [-0.2, -0.15) is 0 Å². The minimum atomic E-state index is -0.288. The SMILES string of the molecule is COC(=O)C[C@H]1CN([C@H](C)C(=O)NC(C)(C)C)CCO1. The van der Waals surface area contributed by atoms with Gasteiger partial charge >= 0.3 is 5.97 Å². The molecule has 6 heteroatoms. The molecule has 1 heterocycles. The molecule has 1 N–H and O–H groups in total. The Labute approximate surface area is 120 Å². The Bertz CT molecular complexity index is 352. The fraction of sp³-hybridized carbons (Fsp3) is 0.857. The van der Waals surface area contributed by atoms with Gasteiger partial charge in [-0.25, -0.2) is 0 Å². The lowest BCUT2D eigenvalue weighted by molar-refractivity contribution is -0.146. The number of hydrogen-bond donors (Lipinski definition) is 1. The summed E-state index contributed by atoms with van der Waals surface area (Å²) in [6.07, 6.45) is 0.0155. The third kappa shape index (κ3) is 5.46. The van der Waals surface area contributed by atoms with Gasteiger partial charge in [-0.1, -0.05) is 0 Å². The van der Waals surface area contributed by atoms with E-state index in [9.17, 15) is 9.59 Å². The molecule has 0 radical (unpaired) electrons. The zero-order chi connectivity index (χ0) is 15.3. The number of rotatable bonds is 4. The highest BCUT2D eigenvalue weighted by Crippen LogP contribution is 2.13. The number of methoxy groups -OCH3 is 1. The molecule has 1 fully saturated rings. The maximum absolute atomic E-state index is 12.2. The maximum Gasteiger partial charge on any atom is 0.308 e. The van der Waals surface area contributed by atoms with E-state index in [0.717, 1.165) is 0 Å². The molecule has 1 aliphatic rings. The maximum atomic E-state index is 12.2. The molecule has 20 heavy (non-hydrogen) atoms. The zero-order valence-electron chi connectivity index (χ0n) is 13.1. The zero-order valence-corrected chi connectivity index (χ0v) is 13.1. The fourth-order valence-electron chi connectivity index (χ4n) is 2.13. The van der Waals surface area contributed by atoms with Crippen molar-refractivity contribution in [2.24, 2.45) is 0 Å². The van der Waals surface area contributed by atoms with Crippen LogP contribution in [0.3, 0.4) is 0 Å². The molecule has 6 nitrogen and oxygen atoms in total. The molecule has 0 bridgehead atoms. The van der Waals surface area contributed by atoms with Crippen LogP contribution in [0.4, 0.5) is 0 Å². The number of nitrogens with one attached hydrogen (secondary N) is 1. The summed E-state index contributed by atoms with van der Waals surface area (Å²) in [6, 6.07) is -0.238. The van der Waals surface area contributed by atoms with E-state index in [1.165, 1.54) is 7.11 Å². The molecule has 0 aromatic heterocycles. The van der Waals surface area contributed by atoms with Gasteiger partial charge in [0.2, 0.25) is 5.91 Å². The Morgan fingerprint density at radius 2 is 2.10 bits per heavy atom. The van der Waals surface area contributed by atoms with Crippen LogP contribution in [0, 0.1) is 0 Å². The molecule has 1 rings (SSSR count). The normalized spacial score (nSPS) is 22.1. The summed E-state index contributed by atoms with van der Waals surface area (Å²) in [4.78, 5) is 25.5. The molecule has 0 spiro atoms. The molecule has 0 unspecified atom stereocenters. The minimum absolute atomic E-state index is 0.00350. The van der Waals surface area contributed by atoms with E-state index in [1.54, 1.807) is 0 Å². The lowest BCUT2D eigenvalue weighted by atomic mass is 10.1. The molecule has 1 aliphatic heterocycles. The highest BCUT2D eigenvalue weighted by Gasteiger charge is 2.30. The Morgan fingerprint density at radius 3 is 2.65 bits per heavy atom. The van der Waals surface area contributed by atoms with Gasteiger partial charge in [0.1, 0.15) is 0 Å². The molecular formula is C14H26N2O4. The van der Waals surface area contributed by atoms with Crippen LogP contribution in [-0.2, 0) is 19.1 Å². The molecule has 0 saturated carbocycles. The number of morpholine rings is 1. The first kappa shape index (κ1) is 16.9. The number of nitrogens with zero attached hydrogens (tertiary/aromatic N) is 1. The lowest BCUT2D eigenvalue weighted by Crippen LogP contribution is -2.55. The van der Waals surface area contributed by atoms with Crippen LogP contribution in [0.15, 0.2) is 0 Å². The first-order valence-electron chi connectivity index (χ1n) is 6.97. The van der Waals surface area contributed by atoms with E-state index in [4.69, 9.17) is 4.74 Å². The van der Waals surface area contributed by atoms with E-state index < -0.39 is 0 Å². The van der Waals surface area contributed by atoms with Crippen molar-refractivity contribution in [3.05, 3.63) is 0 Å². The summed E-state index contributed by atoms with van der Waals surface area (Å²) in [5.74, 6) is -0.292. The van der Waals surface area contributed by atoms with Gasteiger partial charge in [-0.3, -0.25) is 14.5 Å². The smallest absolute Gasteiger partial charge is 0.308 e. The summed E-state index contributed by atoms with van der Waals surface area (Å²) in [5, 5.41) is 2.97. The van der Waals surface area contributed by atoms with Crippen molar-refractivity contribution in [3.8, 4) is 0 Å². The number of hydrogen-bond acceptors (Lipinski definition) is 5. The highest BCUT2D eigenvalue weighted by atomic mass is 16.5. The van der Waals surface area contributed by atoms with Crippen LogP contribution in [0.1, 0.15) is 34.1 Å². The molecule has 0 aromatic carbocycles. The van der Waals surface area contributed by atoms with Crippen molar-refractivity contribution in [2.45, 2.75) is 51.8 Å². The van der Waals surface area contributed by atoms with Gasteiger partial charge in [0.05, 0.1) is 32.3 Å². The second kappa shape index (κ2) is 7.04. The number of ether oxygens (including phenoxy) is 2. The quantitative estimate of drug-likeness (QED) is 0.765. The molecule has 116 valence electrons. The van der Waals surface area contributed by atoms with Crippen molar-refractivity contribution in [1.82, 2.24) is 10.2 Å². The van der Waals surface area contributed by atoms with E-state index >= 15 is 0 Å². The second-order valence-corrected chi connectivity index (χ2v) is 6.18. The standard InChI is InChI=1S/C14H26N2O4/c1-10(13(18)15-14(2,3)4)16-6-7-20-11(9-16)8-12(17)19-5/h10-11H,6-9H2,1-5H3,(H,15,18)/t10-,11+/m1/s1. The summed E-state index contributed by atoms with van der Waals surface area (Å²) >= 11 is 0. The number of carbonyl (C=O) groups excluding carboxylic acids is 2. The summed E-state index contributed by atoms with van der Waals surface area (Å²) < 4.78 is 10.2. The van der Waals surface area contributed by atoms with Crippen LogP contribution in [0.5, 0.6) is 0 Å². The molecule has 0 aromatic rings. The molecule has 1 saturated heterocycles. The van der Waals surface area contributed by atoms with Gasteiger partial charge in [0, 0.05) is 18.6 Å². The summed E-state index contributed by atoms with van der Waals surface area (Å²) in [5.41, 5.74) is -0.247. The van der Waals surface area contributed by atoms with Gasteiger partial charge in [0.15, 0.2) is 0 Å². The Hall–Kier alpha value is -1.14. The molecule has 1 amide bonds. The lowest BCUT2D eigenvalue weighted by Gasteiger charge is -2.36. The van der Waals surface area contributed by atoms with Gasteiger partial charge in [-0.15, -0.1) is 0 Å². The average molecular weight is 286 g/mol. The highest BCUT2D eigenvalue weighted by molar-refractivity contribution is 5.82. The van der Waals surface area contributed by atoms with E-state index in [1.807, 2.05) is 32.6 Å². The Balaban J connectivity index is 2.53. The number of carbonyl (C=O) groups is 2. The van der Waals surface area contributed by atoms with Gasteiger partial charge in [0.25, 0.3) is 0 Å². The first-order valence-corrected chi connectivity index (χ1v) is 6.97. The first-order chi connectivity index (χ1) is 9.23. The van der Waals surface area contributed by atoms with Crippen molar-refractivity contribution in [1.29, 1.82) is 0 Å². The van der Waals surface area contributed by atoms with Crippen LogP contribution in [0.25, 0.3) is 0 Å². The second-order valence-electron chi connectivity index (χ2n) is 6.18. The fourth-order valence-corrected chi connectivity index (χ4v) is 2.13. The minimum Gasteiger partial charge on any atom is -0.469 e. The Morgan fingerprint density at radius 1 is 1.45 bits per heavy atom. The predicted molar refractivity (Wildman–Crippen MR) is 75.3 cm³/mol. The predicted octanol–water partition coefficient (Wildman–Crippen LogP) is 0.554. The number of esters is 1. The average Bonchev–Trinajstić information content (AvgIpc) is 2.36. The van der Waals surface area contributed by atoms with Crippen LogP contribution >= 0.6 is 0 Å². The van der Waals surface area contributed by atoms with Crippen LogP contribution in [0.2, 0.25) is 0 Å². The molecule has 0 aliphatic carbocycles. The summed E-state index contributed by atoms with van der Waals surface area (Å²) in [6.45, 7) is 9.52. The van der Waals surface area contributed by atoms with E-state index in [0.29, 0.717) is 19.7 Å². The van der Waals surface area contributed by atoms with Crippen molar-refractivity contribution in [3.63, 3.8) is 0 Å². The van der Waals surface area contributed by atoms with Crippen LogP contribution in [-0.4, -0.2) is 61.3 Å². The van der Waals surface area contributed by atoms with Gasteiger partial charge < -0.3 is 14.8 Å². The summed E-state index contributed by atoms with van der Waals surface area (Å²) in [7, 11) is 1.36. The monoisotopic (exact) mass is 286 g/mol. The molecule has 2 atom stereocenters. The number of amides is 1. The Kier molecular flexibility index (Phi) is 5.95. The van der Waals surface area contributed by atoms with Crippen molar-refractivity contribution >= 4 is 11.9 Å². The van der Waals surface area contributed by atoms with E-state index in [2.05, 4.69) is 10.1 Å².